The number of nitrogens with one attached hydrogen (secondary N) is 2. The van der Waals surface area contributed by atoms with E-state index < -0.39 is 43.2 Å². The van der Waals surface area contributed by atoms with Gasteiger partial charge in [-0.05, 0) is 110 Å². The highest BCUT2D eigenvalue weighted by Crippen LogP contribution is 2.62. The second-order valence-electron chi connectivity index (χ2n) is 10.8. The van der Waals surface area contributed by atoms with Crippen LogP contribution in [0.15, 0.2) is 58.3 Å². The molecule has 10 nitrogen and oxygen atoms in total. The summed E-state index contributed by atoms with van der Waals surface area (Å²) in [5, 5.41) is 0. The van der Waals surface area contributed by atoms with Crippen molar-refractivity contribution in [2.24, 2.45) is 29.1 Å². The van der Waals surface area contributed by atoms with E-state index in [1.165, 1.54) is 48.5 Å². The summed E-state index contributed by atoms with van der Waals surface area (Å²) in [5.74, 6) is -2.55. The van der Waals surface area contributed by atoms with E-state index in [0.717, 1.165) is 19.3 Å². The average Bonchev–Trinajstić information content (AvgIpc) is 2.78. The molecule has 0 atom stereocenters. The van der Waals surface area contributed by atoms with Crippen molar-refractivity contribution in [3.8, 4) is 0 Å². The van der Waals surface area contributed by atoms with E-state index in [9.17, 15) is 26.4 Å². The van der Waals surface area contributed by atoms with E-state index in [1.807, 2.05) is 0 Å². The van der Waals surface area contributed by atoms with Crippen LogP contribution in [0.2, 0.25) is 0 Å². The van der Waals surface area contributed by atoms with Crippen LogP contribution in [0.4, 0.5) is 11.4 Å². The molecule has 2 aromatic rings. The summed E-state index contributed by atoms with van der Waals surface area (Å²) >= 11 is 0. The highest BCUT2D eigenvalue weighted by atomic mass is 32.2. The number of benzene rings is 2. The van der Waals surface area contributed by atoms with Gasteiger partial charge in [0.15, 0.2) is 0 Å². The number of hydrogen-bond donors (Lipinski definition) is 4. The number of rotatable bonds is 7. The molecule has 0 saturated heterocycles. The second kappa shape index (κ2) is 9.02. The first kappa shape index (κ1) is 25.5. The molecule has 6 N–H and O–H groups in total. The summed E-state index contributed by atoms with van der Waals surface area (Å²) in [6.45, 7) is 0. The number of sulfonamides is 2. The lowest BCUT2D eigenvalue weighted by atomic mass is 9.46. The van der Waals surface area contributed by atoms with Crippen LogP contribution >= 0.6 is 0 Å². The third kappa shape index (κ3) is 4.91. The molecule has 37 heavy (non-hydrogen) atoms. The molecule has 4 aliphatic carbocycles. The van der Waals surface area contributed by atoms with Gasteiger partial charge in [-0.3, -0.25) is 9.59 Å². The summed E-state index contributed by atoms with van der Waals surface area (Å²) < 4.78 is 56.2. The van der Waals surface area contributed by atoms with Crippen molar-refractivity contribution >= 4 is 43.2 Å². The largest absolute Gasteiger partial charge is 0.399 e. The standard InChI is InChI=1S/C25H30N4O6S2/c26-18-1-5-20(6-2-18)36(32,33)28-23(30)22(25-12-15-9-16(13-25)11-17(10-15)14-25)24(31)29-37(34,35)21-7-3-19(27)4-8-21/h1-8,15-17,22H,9-14,26-27H2,(H,28,30)(H,29,31). The zero-order chi connectivity index (χ0) is 26.6. The van der Waals surface area contributed by atoms with Crippen molar-refractivity contribution in [3.63, 3.8) is 0 Å². The summed E-state index contributed by atoms with van der Waals surface area (Å²) in [6.07, 6.45) is 4.78. The first-order valence-corrected chi connectivity index (χ1v) is 15.2. The normalized spacial score (nSPS) is 26.7. The molecule has 6 rings (SSSR count). The summed E-state index contributed by atoms with van der Waals surface area (Å²) in [7, 11) is -8.65. The third-order valence-corrected chi connectivity index (χ3v) is 10.8. The maximum atomic E-state index is 13.6. The topological polar surface area (TPSA) is 179 Å². The van der Waals surface area contributed by atoms with Gasteiger partial charge in [0.25, 0.3) is 20.0 Å². The van der Waals surface area contributed by atoms with Gasteiger partial charge >= 0.3 is 0 Å². The van der Waals surface area contributed by atoms with Gasteiger partial charge < -0.3 is 11.5 Å². The minimum Gasteiger partial charge on any atom is -0.399 e. The molecule has 198 valence electrons. The fourth-order valence-electron chi connectivity index (χ4n) is 7.00. The van der Waals surface area contributed by atoms with Crippen molar-refractivity contribution in [2.45, 2.75) is 48.3 Å². The zero-order valence-electron chi connectivity index (χ0n) is 20.1. The van der Waals surface area contributed by atoms with Crippen molar-refractivity contribution in [3.05, 3.63) is 48.5 Å². The van der Waals surface area contributed by atoms with Gasteiger partial charge in [0.2, 0.25) is 11.8 Å². The molecule has 12 heteroatoms. The van der Waals surface area contributed by atoms with Crippen LogP contribution in [0.25, 0.3) is 0 Å². The molecule has 0 aromatic heterocycles. The average molecular weight is 547 g/mol. The number of hydrogen-bond acceptors (Lipinski definition) is 8. The Balaban J connectivity index is 1.48. The Bertz CT molecular complexity index is 1310. The van der Waals surface area contributed by atoms with E-state index in [2.05, 4.69) is 9.44 Å². The van der Waals surface area contributed by atoms with Gasteiger partial charge in [0.1, 0.15) is 5.92 Å². The van der Waals surface area contributed by atoms with E-state index in [1.54, 1.807) is 0 Å². The highest BCUT2D eigenvalue weighted by Gasteiger charge is 2.58. The fourth-order valence-corrected chi connectivity index (χ4v) is 8.99. The van der Waals surface area contributed by atoms with Crippen LogP contribution < -0.4 is 20.9 Å². The summed E-state index contributed by atoms with van der Waals surface area (Å²) in [5.41, 5.74) is 11.2. The Morgan fingerprint density at radius 3 is 1.32 bits per heavy atom. The number of nitrogens with two attached hydrogens (primary N) is 2. The number of amides is 2. The summed E-state index contributed by atoms with van der Waals surface area (Å²) in [4.78, 5) is 26.9. The van der Waals surface area contributed by atoms with Gasteiger partial charge in [0.05, 0.1) is 9.79 Å². The van der Waals surface area contributed by atoms with Crippen LogP contribution in [-0.4, -0.2) is 28.6 Å². The lowest BCUT2D eigenvalue weighted by Gasteiger charge is -2.58. The first-order chi connectivity index (χ1) is 17.4. The molecular formula is C25H30N4O6S2. The minimum atomic E-state index is -4.33. The number of carbonyl (C=O) groups excluding carboxylic acids is 2. The maximum absolute atomic E-state index is 13.6. The molecular weight excluding hydrogens is 516 g/mol. The lowest BCUT2D eigenvalue weighted by Crippen LogP contribution is -2.58. The lowest BCUT2D eigenvalue weighted by molar-refractivity contribution is -0.151. The molecule has 0 spiro atoms. The number of anilines is 2. The van der Waals surface area contributed by atoms with E-state index in [-0.39, 0.29) is 9.79 Å². The van der Waals surface area contributed by atoms with Crippen LogP contribution in [0.1, 0.15) is 38.5 Å². The Morgan fingerprint density at radius 1 is 0.676 bits per heavy atom. The molecule has 2 amide bonds. The number of carbonyl (C=O) groups is 2. The Kier molecular flexibility index (Phi) is 6.22. The predicted octanol–water partition coefficient (Wildman–Crippen LogP) is 1.99. The maximum Gasteiger partial charge on any atom is 0.264 e. The highest BCUT2D eigenvalue weighted by molar-refractivity contribution is 7.90. The van der Waals surface area contributed by atoms with E-state index >= 15 is 0 Å². The van der Waals surface area contributed by atoms with E-state index in [4.69, 9.17) is 11.5 Å². The molecule has 4 fully saturated rings. The fraction of sp³-hybridized carbons (Fsp3) is 0.440. The minimum absolute atomic E-state index is 0.186. The summed E-state index contributed by atoms with van der Waals surface area (Å²) in [6, 6.07) is 10.6. The first-order valence-electron chi connectivity index (χ1n) is 12.2. The van der Waals surface area contributed by atoms with E-state index in [0.29, 0.717) is 48.4 Å². The molecule has 0 radical (unpaired) electrons. The smallest absolute Gasteiger partial charge is 0.264 e. The van der Waals surface area contributed by atoms with Crippen LogP contribution in [0.3, 0.4) is 0 Å². The molecule has 0 heterocycles. The molecule has 0 aliphatic heterocycles. The van der Waals surface area contributed by atoms with Gasteiger partial charge in [-0.15, -0.1) is 0 Å². The Labute approximate surface area is 216 Å². The van der Waals surface area contributed by atoms with Crippen molar-refractivity contribution in [1.82, 2.24) is 9.44 Å². The van der Waals surface area contributed by atoms with Crippen molar-refractivity contribution in [1.29, 1.82) is 0 Å². The Hall–Kier alpha value is -3.12. The molecule has 4 aliphatic rings. The molecule has 0 unspecified atom stereocenters. The quantitative estimate of drug-likeness (QED) is 0.301. The second-order valence-corrected chi connectivity index (χ2v) is 14.2. The van der Waals surface area contributed by atoms with Crippen LogP contribution in [0, 0.1) is 29.1 Å². The molecule has 2 aromatic carbocycles. The van der Waals surface area contributed by atoms with Gasteiger partial charge in [-0.1, -0.05) is 0 Å². The predicted molar refractivity (Wildman–Crippen MR) is 136 cm³/mol. The molecule has 4 saturated carbocycles. The van der Waals surface area contributed by atoms with Gasteiger partial charge in [0, 0.05) is 11.4 Å². The zero-order valence-corrected chi connectivity index (χ0v) is 21.7. The number of nitrogen functional groups attached to an aromatic ring is 2. The van der Waals surface area contributed by atoms with Crippen LogP contribution in [-0.2, 0) is 29.6 Å². The third-order valence-electron chi connectivity index (χ3n) is 8.07. The van der Waals surface area contributed by atoms with Crippen molar-refractivity contribution < 1.29 is 26.4 Å². The SMILES string of the molecule is Nc1ccc(S(=O)(=O)NC(=O)C(C(=O)NS(=O)(=O)c2ccc(N)cc2)C23CC4CC(CC(C4)C2)C3)cc1. The van der Waals surface area contributed by atoms with Gasteiger partial charge in [-0.25, -0.2) is 26.3 Å². The van der Waals surface area contributed by atoms with Crippen LogP contribution in [0.5, 0.6) is 0 Å². The molecule has 4 bridgehead atoms. The van der Waals surface area contributed by atoms with Crippen molar-refractivity contribution in [2.75, 3.05) is 11.5 Å². The van der Waals surface area contributed by atoms with Gasteiger partial charge in [-0.2, -0.15) is 0 Å². The Morgan fingerprint density at radius 2 is 1.00 bits per heavy atom. The monoisotopic (exact) mass is 546 g/mol.